The van der Waals surface area contributed by atoms with E-state index in [-0.39, 0.29) is 0 Å². The van der Waals surface area contributed by atoms with Gasteiger partial charge in [-0.1, -0.05) is 0 Å². The van der Waals surface area contributed by atoms with Gasteiger partial charge in [-0.3, -0.25) is 0 Å². The van der Waals surface area contributed by atoms with Crippen LogP contribution < -0.4 is 11.5 Å². The van der Waals surface area contributed by atoms with Gasteiger partial charge in [0.25, 0.3) is 0 Å². The van der Waals surface area contributed by atoms with Crippen molar-refractivity contribution < 1.29 is 22.7 Å². The van der Waals surface area contributed by atoms with E-state index in [1.54, 1.807) is 0 Å². The Morgan fingerprint density at radius 3 is 2.27 bits per heavy atom. The second kappa shape index (κ2) is 3.58. The second-order valence-corrected chi connectivity index (χ2v) is 2.95. The van der Waals surface area contributed by atoms with Gasteiger partial charge >= 0.3 is 6.18 Å². The second-order valence-electron chi connectivity index (χ2n) is 2.95. The van der Waals surface area contributed by atoms with Crippen LogP contribution in [0.4, 0.5) is 23.2 Å². The Labute approximate surface area is 82.3 Å². The maximum atomic E-state index is 12.7. The molecule has 1 aromatic carbocycles. The first-order chi connectivity index (χ1) is 6.73. The summed E-state index contributed by atoms with van der Waals surface area (Å²) in [5.41, 5.74) is 8.63. The molecule has 0 fully saturated rings. The number of phenols is 1. The predicted molar refractivity (Wildman–Crippen MR) is 45.5 cm³/mol. The molecule has 0 saturated heterocycles. The van der Waals surface area contributed by atoms with E-state index in [1.807, 2.05) is 0 Å². The zero-order chi connectivity index (χ0) is 11.8. The summed E-state index contributed by atoms with van der Waals surface area (Å²) < 4.78 is 49.3. The molecule has 84 valence electrons. The Hall–Kier alpha value is -1.50. The summed E-state index contributed by atoms with van der Waals surface area (Å²) in [7, 11) is 0. The zero-order valence-electron chi connectivity index (χ0n) is 7.35. The first-order valence-corrected chi connectivity index (χ1v) is 3.83. The molecule has 0 radical (unpaired) electrons. The molecular weight excluding hydrogens is 216 g/mol. The van der Waals surface area contributed by atoms with Gasteiger partial charge in [0.1, 0.15) is 17.6 Å². The fourth-order valence-electron chi connectivity index (χ4n) is 1.06. The smallest absolute Gasteiger partial charge is 0.407 e. The van der Waals surface area contributed by atoms with E-state index in [4.69, 9.17) is 11.5 Å². The third-order valence-corrected chi connectivity index (χ3v) is 1.82. The fraction of sp³-hybridized carbons (Fsp3) is 0.250. The molecule has 5 N–H and O–H groups in total. The quantitative estimate of drug-likeness (QED) is 0.386. The molecule has 0 spiro atoms. The topological polar surface area (TPSA) is 72.3 Å². The number of anilines is 1. The number of nitrogen functional groups attached to an aromatic ring is 1. The summed E-state index contributed by atoms with van der Waals surface area (Å²) in [5, 5.41) is 9.18. The Morgan fingerprint density at radius 2 is 1.80 bits per heavy atom. The Bertz CT molecular complexity index is 378. The number of hydrogen-bond donors (Lipinski definition) is 3. The number of aromatic hydroxyl groups is 1. The number of rotatable bonds is 1. The van der Waals surface area contributed by atoms with E-state index in [2.05, 4.69) is 0 Å². The maximum Gasteiger partial charge on any atom is 0.407 e. The summed E-state index contributed by atoms with van der Waals surface area (Å²) in [6.45, 7) is 0. The van der Waals surface area contributed by atoms with Crippen LogP contribution in [0.2, 0.25) is 0 Å². The lowest BCUT2D eigenvalue weighted by atomic mass is 10.0. The van der Waals surface area contributed by atoms with E-state index in [0.717, 1.165) is 0 Å². The molecule has 15 heavy (non-hydrogen) atoms. The molecule has 0 amide bonds. The van der Waals surface area contributed by atoms with Crippen molar-refractivity contribution in [2.75, 3.05) is 5.73 Å². The van der Waals surface area contributed by atoms with Gasteiger partial charge in [0.2, 0.25) is 0 Å². The first-order valence-electron chi connectivity index (χ1n) is 3.83. The van der Waals surface area contributed by atoms with Crippen molar-refractivity contribution in [3.8, 4) is 5.75 Å². The first kappa shape index (κ1) is 11.6. The Kier molecular flexibility index (Phi) is 2.76. The lowest BCUT2D eigenvalue weighted by Crippen LogP contribution is -2.28. The average Bonchev–Trinajstić information content (AvgIpc) is 2.08. The van der Waals surface area contributed by atoms with Crippen LogP contribution in [0.15, 0.2) is 12.1 Å². The molecule has 0 bridgehead atoms. The zero-order valence-corrected chi connectivity index (χ0v) is 7.35. The van der Waals surface area contributed by atoms with Crippen molar-refractivity contribution >= 4 is 5.69 Å². The highest BCUT2D eigenvalue weighted by Crippen LogP contribution is 2.37. The van der Waals surface area contributed by atoms with Crippen molar-refractivity contribution in [3.05, 3.63) is 23.5 Å². The lowest BCUT2D eigenvalue weighted by molar-refractivity contribution is -0.149. The van der Waals surface area contributed by atoms with Crippen LogP contribution in [0.25, 0.3) is 0 Å². The van der Waals surface area contributed by atoms with Crippen molar-refractivity contribution in [1.29, 1.82) is 0 Å². The normalized spacial score (nSPS) is 13.9. The molecule has 0 heterocycles. The molecule has 0 aliphatic carbocycles. The third kappa shape index (κ3) is 2.30. The largest absolute Gasteiger partial charge is 0.505 e. The van der Waals surface area contributed by atoms with Crippen LogP contribution in [0.3, 0.4) is 0 Å². The SMILES string of the molecule is Nc1cc(F)cc([C@@H](N)C(F)(F)F)c1O. The van der Waals surface area contributed by atoms with Crippen LogP contribution >= 0.6 is 0 Å². The van der Waals surface area contributed by atoms with Crippen LogP contribution in [-0.4, -0.2) is 11.3 Å². The molecule has 1 rings (SSSR count). The summed E-state index contributed by atoms with van der Waals surface area (Å²) in [4.78, 5) is 0. The standard InChI is InChI=1S/C8H8F4N2O/c9-3-1-4(6(15)5(13)2-3)7(14)8(10,11)12/h1-2,7,15H,13-14H2/t7-/m1/s1. The summed E-state index contributed by atoms with van der Waals surface area (Å²) in [5.74, 6) is -1.83. The van der Waals surface area contributed by atoms with Gasteiger partial charge < -0.3 is 16.6 Å². The number of benzene rings is 1. The molecule has 0 aromatic heterocycles. The number of nitrogens with two attached hydrogens (primary N) is 2. The van der Waals surface area contributed by atoms with E-state index < -0.39 is 35.0 Å². The van der Waals surface area contributed by atoms with Crippen LogP contribution in [0.1, 0.15) is 11.6 Å². The highest BCUT2D eigenvalue weighted by atomic mass is 19.4. The fourth-order valence-corrected chi connectivity index (χ4v) is 1.06. The third-order valence-electron chi connectivity index (χ3n) is 1.82. The average molecular weight is 224 g/mol. The number of phenolic OH excluding ortho intramolecular Hbond substituents is 1. The van der Waals surface area contributed by atoms with Crippen LogP contribution in [0.5, 0.6) is 5.75 Å². The summed E-state index contributed by atoms with van der Waals surface area (Å²) >= 11 is 0. The van der Waals surface area contributed by atoms with Gasteiger partial charge in [0, 0.05) is 11.6 Å². The molecule has 7 heteroatoms. The van der Waals surface area contributed by atoms with Gasteiger partial charge in [-0.05, 0) is 6.07 Å². The van der Waals surface area contributed by atoms with Crippen LogP contribution in [0, 0.1) is 5.82 Å². The molecule has 0 aliphatic heterocycles. The molecule has 1 aromatic rings. The molecule has 0 unspecified atom stereocenters. The maximum absolute atomic E-state index is 12.7. The number of alkyl halides is 3. The van der Waals surface area contributed by atoms with E-state index in [1.165, 1.54) is 0 Å². The highest BCUT2D eigenvalue weighted by Gasteiger charge is 2.39. The molecule has 3 nitrogen and oxygen atoms in total. The molecule has 0 aliphatic rings. The van der Waals surface area contributed by atoms with Gasteiger partial charge in [-0.25, -0.2) is 4.39 Å². The molecule has 1 atom stereocenters. The van der Waals surface area contributed by atoms with Crippen molar-refractivity contribution in [2.45, 2.75) is 12.2 Å². The summed E-state index contributed by atoms with van der Waals surface area (Å²) in [6.07, 6.45) is -4.77. The minimum Gasteiger partial charge on any atom is -0.505 e. The predicted octanol–water partition coefficient (Wildman–Crippen LogP) is 1.68. The van der Waals surface area contributed by atoms with Gasteiger partial charge in [0.05, 0.1) is 5.69 Å². The lowest BCUT2D eigenvalue weighted by Gasteiger charge is -2.17. The minimum atomic E-state index is -4.77. The highest BCUT2D eigenvalue weighted by molar-refractivity contribution is 5.57. The van der Waals surface area contributed by atoms with Crippen LogP contribution in [-0.2, 0) is 0 Å². The van der Waals surface area contributed by atoms with Crippen molar-refractivity contribution in [1.82, 2.24) is 0 Å². The Balaban J connectivity index is 3.25. The Morgan fingerprint density at radius 1 is 1.27 bits per heavy atom. The van der Waals surface area contributed by atoms with Crippen molar-refractivity contribution in [3.63, 3.8) is 0 Å². The van der Waals surface area contributed by atoms with E-state index in [9.17, 15) is 22.7 Å². The minimum absolute atomic E-state index is 0.482. The monoisotopic (exact) mass is 224 g/mol. The number of hydrogen-bond acceptors (Lipinski definition) is 3. The van der Waals surface area contributed by atoms with E-state index in [0.29, 0.717) is 12.1 Å². The number of halogens is 4. The molecule has 0 saturated carbocycles. The van der Waals surface area contributed by atoms with Gasteiger partial charge in [-0.2, -0.15) is 13.2 Å². The van der Waals surface area contributed by atoms with E-state index >= 15 is 0 Å². The van der Waals surface area contributed by atoms with Crippen molar-refractivity contribution in [2.24, 2.45) is 5.73 Å². The van der Waals surface area contributed by atoms with Gasteiger partial charge in [0.15, 0.2) is 0 Å². The summed E-state index contributed by atoms with van der Waals surface area (Å²) in [6, 6.07) is -1.25. The van der Waals surface area contributed by atoms with Gasteiger partial charge in [-0.15, -0.1) is 0 Å². The molecular formula is C8H8F4N2O.